The van der Waals surface area contributed by atoms with E-state index in [9.17, 15) is 0 Å². The Bertz CT molecular complexity index is 535. The Hall–Kier alpha value is -2.10. The Labute approximate surface area is 113 Å². The minimum absolute atomic E-state index is 0.746. The van der Waals surface area contributed by atoms with Crippen molar-refractivity contribution < 1.29 is 0 Å². The minimum Gasteiger partial charge on any atom is -0.356 e. The van der Waals surface area contributed by atoms with E-state index in [0.717, 1.165) is 30.5 Å². The number of rotatable bonds is 3. The van der Waals surface area contributed by atoms with E-state index >= 15 is 0 Å². The largest absolute Gasteiger partial charge is 0.356 e. The molecule has 1 saturated heterocycles. The van der Waals surface area contributed by atoms with Crippen LogP contribution in [0.1, 0.15) is 12.8 Å². The van der Waals surface area contributed by atoms with Gasteiger partial charge in [0.05, 0.1) is 0 Å². The molecule has 19 heavy (non-hydrogen) atoms. The molecular formula is C15H18N4. The predicted molar refractivity (Wildman–Crippen MR) is 78.0 cm³/mol. The lowest BCUT2D eigenvalue weighted by Crippen LogP contribution is -2.21. The number of aromatic nitrogens is 2. The third-order valence-electron chi connectivity index (χ3n) is 3.50. The first-order chi connectivity index (χ1) is 9.34. The maximum absolute atomic E-state index is 4.67. The molecule has 0 unspecified atom stereocenters. The standard InChI is InChI=1S/C15H18N4/c1-18(13-7-3-2-4-8-13)15-16-10-9-14(17-15)19-11-5-6-12-19/h2-4,7-10H,5-6,11-12H2,1H3. The van der Waals surface area contributed by atoms with Crippen LogP contribution in [0.3, 0.4) is 0 Å². The zero-order valence-corrected chi connectivity index (χ0v) is 11.2. The molecule has 2 aromatic rings. The first-order valence-corrected chi connectivity index (χ1v) is 6.71. The van der Waals surface area contributed by atoms with E-state index in [1.54, 1.807) is 0 Å². The van der Waals surface area contributed by atoms with E-state index in [0.29, 0.717) is 0 Å². The first-order valence-electron chi connectivity index (χ1n) is 6.71. The van der Waals surface area contributed by atoms with Crippen molar-refractivity contribution in [2.75, 3.05) is 29.9 Å². The predicted octanol–water partition coefficient (Wildman–Crippen LogP) is 2.84. The highest BCUT2D eigenvalue weighted by molar-refractivity contribution is 5.57. The Kier molecular flexibility index (Phi) is 3.31. The van der Waals surface area contributed by atoms with Gasteiger partial charge in [-0.25, -0.2) is 4.98 Å². The summed E-state index contributed by atoms with van der Waals surface area (Å²) in [6.07, 6.45) is 4.36. The van der Waals surface area contributed by atoms with Crippen LogP contribution in [0, 0.1) is 0 Å². The Balaban J connectivity index is 1.86. The summed E-state index contributed by atoms with van der Waals surface area (Å²) in [7, 11) is 2.00. The SMILES string of the molecule is CN(c1ccccc1)c1nccc(N2CCCC2)n1. The van der Waals surface area contributed by atoms with Crippen LogP contribution in [-0.4, -0.2) is 30.1 Å². The Morgan fingerprint density at radius 3 is 2.53 bits per heavy atom. The molecule has 4 nitrogen and oxygen atoms in total. The van der Waals surface area contributed by atoms with E-state index in [2.05, 4.69) is 27.0 Å². The molecule has 0 radical (unpaired) electrons. The highest BCUT2D eigenvalue weighted by Crippen LogP contribution is 2.23. The van der Waals surface area contributed by atoms with Crippen LogP contribution in [0.2, 0.25) is 0 Å². The molecule has 1 aliphatic heterocycles. The summed E-state index contributed by atoms with van der Waals surface area (Å²) in [6.45, 7) is 2.21. The number of para-hydroxylation sites is 1. The zero-order valence-electron chi connectivity index (χ0n) is 11.2. The Morgan fingerprint density at radius 1 is 1.05 bits per heavy atom. The van der Waals surface area contributed by atoms with Crippen LogP contribution in [0.4, 0.5) is 17.5 Å². The Morgan fingerprint density at radius 2 is 1.79 bits per heavy atom. The van der Waals surface area contributed by atoms with E-state index in [-0.39, 0.29) is 0 Å². The quantitative estimate of drug-likeness (QED) is 0.843. The van der Waals surface area contributed by atoms with Gasteiger partial charge in [0, 0.05) is 32.0 Å². The molecule has 98 valence electrons. The maximum Gasteiger partial charge on any atom is 0.231 e. The van der Waals surface area contributed by atoms with Gasteiger partial charge in [-0.05, 0) is 31.0 Å². The van der Waals surface area contributed by atoms with Gasteiger partial charge in [-0.3, -0.25) is 0 Å². The van der Waals surface area contributed by atoms with Crippen LogP contribution in [0.15, 0.2) is 42.6 Å². The number of anilines is 3. The summed E-state index contributed by atoms with van der Waals surface area (Å²) < 4.78 is 0. The van der Waals surface area contributed by atoms with Crippen LogP contribution in [0.5, 0.6) is 0 Å². The molecule has 1 aliphatic rings. The third-order valence-corrected chi connectivity index (χ3v) is 3.50. The molecule has 0 bridgehead atoms. The third kappa shape index (κ3) is 2.52. The highest BCUT2D eigenvalue weighted by atomic mass is 15.3. The fraction of sp³-hybridized carbons (Fsp3) is 0.333. The van der Waals surface area contributed by atoms with Crippen LogP contribution < -0.4 is 9.80 Å². The molecule has 0 spiro atoms. The number of nitrogens with zero attached hydrogens (tertiary/aromatic N) is 4. The number of hydrogen-bond acceptors (Lipinski definition) is 4. The molecule has 4 heteroatoms. The van der Waals surface area contributed by atoms with Gasteiger partial charge in [0.15, 0.2) is 0 Å². The second-order valence-corrected chi connectivity index (χ2v) is 4.80. The van der Waals surface area contributed by atoms with Gasteiger partial charge >= 0.3 is 0 Å². The molecule has 0 aliphatic carbocycles. The van der Waals surface area contributed by atoms with E-state index < -0.39 is 0 Å². The highest BCUT2D eigenvalue weighted by Gasteiger charge is 2.15. The van der Waals surface area contributed by atoms with Crippen molar-refractivity contribution in [2.24, 2.45) is 0 Å². The smallest absolute Gasteiger partial charge is 0.231 e. The molecule has 2 heterocycles. The summed E-state index contributed by atoms with van der Waals surface area (Å²) in [5.41, 5.74) is 1.10. The minimum atomic E-state index is 0.746. The summed E-state index contributed by atoms with van der Waals surface area (Å²) in [5.74, 6) is 1.78. The molecule has 3 rings (SSSR count). The van der Waals surface area contributed by atoms with Crippen molar-refractivity contribution in [3.8, 4) is 0 Å². The normalized spacial score (nSPS) is 14.7. The summed E-state index contributed by atoms with van der Waals surface area (Å²) in [5, 5.41) is 0. The van der Waals surface area contributed by atoms with Crippen LogP contribution >= 0.6 is 0 Å². The van der Waals surface area contributed by atoms with E-state index in [1.165, 1.54) is 12.8 Å². The van der Waals surface area contributed by atoms with Crippen LogP contribution in [0.25, 0.3) is 0 Å². The average Bonchev–Trinajstić information content (AvgIpc) is 3.02. The van der Waals surface area contributed by atoms with Crippen molar-refractivity contribution in [1.29, 1.82) is 0 Å². The van der Waals surface area contributed by atoms with Crippen molar-refractivity contribution in [3.05, 3.63) is 42.6 Å². The van der Waals surface area contributed by atoms with Crippen molar-refractivity contribution in [3.63, 3.8) is 0 Å². The summed E-state index contributed by atoms with van der Waals surface area (Å²) in [4.78, 5) is 13.4. The molecule has 0 saturated carbocycles. The van der Waals surface area contributed by atoms with Gasteiger partial charge < -0.3 is 9.80 Å². The van der Waals surface area contributed by atoms with Crippen LogP contribution in [-0.2, 0) is 0 Å². The zero-order chi connectivity index (χ0) is 13.1. The molecule has 0 amide bonds. The second-order valence-electron chi connectivity index (χ2n) is 4.80. The average molecular weight is 254 g/mol. The van der Waals surface area contributed by atoms with Crippen molar-refractivity contribution in [2.45, 2.75) is 12.8 Å². The molecule has 1 aromatic heterocycles. The van der Waals surface area contributed by atoms with Gasteiger partial charge in [0.2, 0.25) is 5.95 Å². The molecule has 0 atom stereocenters. The van der Waals surface area contributed by atoms with Gasteiger partial charge in [-0.1, -0.05) is 18.2 Å². The van der Waals surface area contributed by atoms with Gasteiger partial charge in [-0.15, -0.1) is 0 Å². The fourth-order valence-corrected chi connectivity index (χ4v) is 2.39. The number of benzene rings is 1. The fourth-order valence-electron chi connectivity index (χ4n) is 2.39. The van der Waals surface area contributed by atoms with Gasteiger partial charge in [0.25, 0.3) is 0 Å². The topological polar surface area (TPSA) is 32.3 Å². The summed E-state index contributed by atoms with van der Waals surface area (Å²) in [6, 6.07) is 12.2. The monoisotopic (exact) mass is 254 g/mol. The molecule has 0 N–H and O–H groups in total. The first kappa shape index (κ1) is 12.0. The molecular weight excluding hydrogens is 236 g/mol. The van der Waals surface area contributed by atoms with Gasteiger partial charge in [0.1, 0.15) is 5.82 Å². The van der Waals surface area contributed by atoms with E-state index in [4.69, 9.17) is 0 Å². The van der Waals surface area contributed by atoms with Crippen molar-refractivity contribution >= 4 is 17.5 Å². The lowest BCUT2D eigenvalue weighted by molar-refractivity contribution is 0.917. The molecule has 1 fully saturated rings. The number of hydrogen-bond donors (Lipinski definition) is 0. The van der Waals surface area contributed by atoms with Crippen molar-refractivity contribution in [1.82, 2.24) is 9.97 Å². The maximum atomic E-state index is 4.67. The van der Waals surface area contributed by atoms with Gasteiger partial charge in [-0.2, -0.15) is 4.98 Å². The lowest BCUT2D eigenvalue weighted by atomic mass is 10.3. The van der Waals surface area contributed by atoms with E-state index in [1.807, 2.05) is 42.4 Å². The lowest BCUT2D eigenvalue weighted by Gasteiger charge is -2.20. The second kappa shape index (κ2) is 5.26. The molecule has 1 aromatic carbocycles. The summed E-state index contributed by atoms with van der Waals surface area (Å²) >= 11 is 0.